The van der Waals surface area contributed by atoms with E-state index in [1.54, 1.807) is 12.1 Å². The van der Waals surface area contributed by atoms with Crippen molar-refractivity contribution in [3.05, 3.63) is 54.1 Å². The molecule has 21 heavy (non-hydrogen) atoms. The van der Waals surface area contributed by atoms with Crippen LogP contribution in [-0.4, -0.2) is 15.0 Å². The van der Waals surface area contributed by atoms with E-state index in [-0.39, 0.29) is 4.90 Å². The minimum Gasteiger partial charge on any atom is -0.494 e. The van der Waals surface area contributed by atoms with E-state index in [9.17, 15) is 8.42 Å². The van der Waals surface area contributed by atoms with Crippen LogP contribution in [0.2, 0.25) is 0 Å². The topological polar surface area (TPSA) is 81.4 Å². The molecule has 112 valence electrons. The lowest BCUT2D eigenvalue weighted by molar-refractivity contribution is 0.337. The summed E-state index contributed by atoms with van der Waals surface area (Å²) in [5.74, 6) is 0.815. The summed E-state index contributed by atoms with van der Waals surface area (Å²) in [7, 11) is -3.69. The van der Waals surface area contributed by atoms with Crippen LogP contribution in [0.25, 0.3) is 0 Å². The SMILES string of the molecule is CCOc1ccccc1CNc1cccc(S(N)(=O)=O)c1. The first kappa shape index (κ1) is 15.3. The molecule has 3 N–H and O–H groups in total. The molecule has 0 saturated carbocycles. The first-order valence-electron chi connectivity index (χ1n) is 6.58. The Morgan fingerprint density at radius 2 is 1.90 bits per heavy atom. The van der Waals surface area contributed by atoms with Gasteiger partial charge in [0.05, 0.1) is 11.5 Å². The summed E-state index contributed by atoms with van der Waals surface area (Å²) in [6.07, 6.45) is 0. The van der Waals surface area contributed by atoms with Crippen LogP contribution in [0.5, 0.6) is 5.75 Å². The molecule has 0 bridgehead atoms. The summed E-state index contributed by atoms with van der Waals surface area (Å²) in [5, 5.41) is 8.29. The quantitative estimate of drug-likeness (QED) is 0.858. The molecule has 0 unspecified atom stereocenters. The second kappa shape index (κ2) is 6.60. The number of nitrogens with one attached hydrogen (secondary N) is 1. The highest BCUT2D eigenvalue weighted by Gasteiger charge is 2.08. The van der Waals surface area contributed by atoms with Crippen molar-refractivity contribution in [1.82, 2.24) is 0 Å². The van der Waals surface area contributed by atoms with E-state index in [0.29, 0.717) is 18.8 Å². The molecule has 2 aromatic carbocycles. The summed E-state index contributed by atoms with van der Waals surface area (Å²) in [6.45, 7) is 3.06. The number of nitrogens with two attached hydrogens (primary N) is 1. The molecule has 5 nitrogen and oxygen atoms in total. The van der Waals surface area contributed by atoms with Gasteiger partial charge in [-0.1, -0.05) is 24.3 Å². The van der Waals surface area contributed by atoms with Gasteiger partial charge in [0, 0.05) is 17.8 Å². The molecule has 0 aliphatic carbocycles. The molecule has 2 aromatic rings. The number of anilines is 1. The summed E-state index contributed by atoms with van der Waals surface area (Å²) in [5.41, 5.74) is 1.69. The highest BCUT2D eigenvalue weighted by Crippen LogP contribution is 2.20. The summed E-state index contributed by atoms with van der Waals surface area (Å²) in [6, 6.07) is 14.1. The maximum absolute atomic E-state index is 11.3. The third-order valence-electron chi connectivity index (χ3n) is 2.92. The van der Waals surface area contributed by atoms with Crippen molar-refractivity contribution in [2.45, 2.75) is 18.4 Å². The van der Waals surface area contributed by atoms with E-state index in [1.807, 2.05) is 31.2 Å². The van der Waals surface area contributed by atoms with Crippen LogP contribution in [0, 0.1) is 0 Å². The smallest absolute Gasteiger partial charge is 0.238 e. The number of rotatable bonds is 6. The summed E-state index contributed by atoms with van der Waals surface area (Å²) >= 11 is 0. The maximum Gasteiger partial charge on any atom is 0.238 e. The Morgan fingerprint density at radius 3 is 2.62 bits per heavy atom. The molecule has 0 atom stereocenters. The minimum absolute atomic E-state index is 0.0885. The summed E-state index contributed by atoms with van der Waals surface area (Å²) < 4.78 is 28.2. The molecule has 0 fully saturated rings. The highest BCUT2D eigenvalue weighted by atomic mass is 32.2. The van der Waals surface area contributed by atoms with Crippen LogP contribution in [0.3, 0.4) is 0 Å². The third kappa shape index (κ3) is 4.21. The molecule has 0 spiro atoms. The van der Waals surface area contributed by atoms with Gasteiger partial charge in [0.1, 0.15) is 5.75 Å². The molecule has 2 rings (SSSR count). The van der Waals surface area contributed by atoms with Gasteiger partial charge in [-0.25, -0.2) is 13.6 Å². The van der Waals surface area contributed by atoms with Gasteiger partial charge in [-0.05, 0) is 31.2 Å². The molecular weight excluding hydrogens is 288 g/mol. The standard InChI is InChI=1S/C15H18N2O3S/c1-2-20-15-9-4-3-6-12(15)11-17-13-7-5-8-14(10-13)21(16,18)19/h3-10,17H,2,11H2,1H3,(H2,16,18,19). The number of para-hydroxylation sites is 1. The monoisotopic (exact) mass is 306 g/mol. The number of ether oxygens (including phenoxy) is 1. The van der Waals surface area contributed by atoms with Gasteiger partial charge in [-0.15, -0.1) is 0 Å². The predicted octanol–water partition coefficient (Wildman–Crippen LogP) is 2.34. The lowest BCUT2D eigenvalue weighted by Gasteiger charge is -2.12. The zero-order valence-corrected chi connectivity index (χ0v) is 12.6. The van der Waals surface area contributed by atoms with Crippen molar-refractivity contribution in [3.8, 4) is 5.75 Å². The van der Waals surface area contributed by atoms with E-state index < -0.39 is 10.0 Å². The number of hydrogen-bond donors (Lipinski definition) is 2. The lowest BCUT2D eigenvalue weighted by Crippen LogP contribution is -2.12. The number of sulfonamides is 1. The van der Waals surface area contributed by atoms with E-state index in [2.05, 4.69) is 5.32 Å². The van der Waals surface area contributed by atoms with Gasteiger partial charge >= 0.3 is 0 Å². The molecule has 6 heteroatoms. The number of primary sulfonamides is 1. The third-order valence-corrected chi connectivity index (χ3v) is 3.83. The van der Waals surface area contributed by atoms with Crippen LogP contribution >= 0.6 is 0 Å². The molecule has 0 aliphatic heterocycles. The molecule has 0 saturated heterocycles. The van der Waals surface area contributed by atoms with Crippen molar-refractivity contribution in [1.29, 1.82) is 0 Å². The fourth-order valence-electron chi connectivity index (χ4n) is 1.93. The van der Waals surface area contributed by atoms with Crippen molar-refractivity contribution < 1.29 is 13.2 Å². The van der Waals surface area contributed by atoms with Crippen LogP contribution in [-0.2, 0) is 16.6 Å². The van der Waals surface area contributed by atoms with Crippen LogP contribution in [0.1, 0.15) is 12.5 Å². The Labute approximate surface area is 124 Å². The zero-order chi connectivity index (χ0) is 15.3. The van der Waals surface area contributed by atoms with Crippen molar-refractivity contribution in [2.24, 2.45) is 5.14 Å². The zero-order valence-electron chi connectivity index (χ0n) is 11.7. The normalized spacial score (nSPS) is 11.1. The maximum atomic E-state index is 11.3. The molecule has 0 radical (unpaired) electrons. The van der Waals surface area contributed by atoms with E-state index in [1.165, 1.54) is 12.1 Å². The largest absolute Gasteiger partial charge is 0.494 e. The first-order chi connectivity index (χ1) is 10.0. The van der Waals surface area contributed by atoms with E-state index in [0.717, 1.165) is 11.3 Å². The highest BCUT2D eigenvalue weighted by molar-refractivity contribution is 7.89. The van der Waals surface area contributed by atoms with Crippen LogP contribution < -0.4 is 15.2 Å². The van der Waals surface area contributed by atoms with Gasteiger partial charge in [0.2, 0.25) is 10.0 Å². The van der Waals surface area contributed by atoms with Crippen molar-refractivity contribution in [3.63, 3.8) is 0 Å². The van der Waals surface area contributed by atoms with Crippen LogP contribution in [0.4, 0.5) is 5.69 Å². The fourth-order valence-corrected chi connectivity index (χ4v) is 2.49. The molecular formula is C15H18N2O3S. The number of hydrogen-bond acceptors (Lipinski definition) is 4. The number of benzene rings is 2. The minimum atomic E-state index is -3.69. The fraction of sp³-hybridized carbons (Fsp3) is 0.200. The van der Waals surface area contributed by atoms with E-state index in [4.69, 9.17) is 9.88 Å². The first-order valence-corrected chi connectivity index (χ1v) is 8.13. The second-order valence-electron chi connectivity index (χ2n) is 4.47. The Morgan fingerprint density at radius 1 is 1.14 bits per heavy atom. The lowest BCUT2D eigenvalue weighted by atomic mass is 10.2. The average Bonchev–Trinajstić information content (AvgIpc) is 2.46. The molecule has 0 amide bonds. The van der Waals surface area contributed by atoms with Gasteiger partial charge < -0.3 is 10.1 Å². The Hall–Kier alpha value is -2.05. The molecule has 0 aliphatic rings. The Balaban J connectivity index is 2.14. The van der Waals surface area contributed by atoms with Gasteiger partial charge in [0.15, 0.2) is 0 Å². The second-order valence-corrected chi connectivity index (χ2v) is 6.03. The average molecular weight is 306 g/mol. The van der Waals surface area contributed by atoms with Crippen LogP contribution in [0.15, 0.2) is 53.4 Å². The van der Waals surface area contributed by atoms with Crippen molar-refractivity contribution in [2.75, 3.05) is 11.9 Å². The predicted molar refractivity (Wildman–Crippen MR) is 82.8 cm³/mol. The van der Waals surface area contributed by atoms with Gasteiger partial charge in [-0.3, -0.25) is 0 Å². The Kier molecular flexibility index (Phi) is 4.82. The summed E-state index contributed by atoms with van der Waals surface area (Å²) in [4.78, 5) is 0.0885. The van der Waals surface area contributed by atoms with Crippen molar-refractivity contribution >= 4 is 15.7 Å². The molecule has 0 heterocycles. The van der Waals surface area contributed by atoms with Gasteiger partial charge in [-0.2, -0.15) is 0 Å². The van der Waals surface area contributed by atoms with Gasteiger partial charge in [0.25, 0.3) is 0 Å². The molecule has 0 aromatic heterocycles. The Bertz CT molecular complexity index is 714. The van der Waals surface area contributed by atoms with E-state index >= 15 is 0 Å².